The Bertz CT molecular complexity index is 498. The number of hydrogen-bond acceptors (Lipinski definition) is 2. The van der Waals surface area contributed by atoms with Crippen molar-refractivity contribution in [3.8, 4) is 0 Å². The molecule has 18 heavy (non-hydrogen) atoms. The molecule has 0 bridgehead atoms. The average Bonchev–Trinajstić information content (AvgIpc) is 2.28. The number of benzene rings is 1. The molecule has 0 saturated carbocycles. The Morgan fingerprint density at radius 3 is 2.39 bits per heavy atom. The molecule has 0 aromatic heterocycles. The summed E-state index contributed by atoms with van der Waals surface area (Å²) in [6.45, 7) is 3.97. The molecule has 1 N–H and O–H groups in total. The first kappa shape index (κ1) is 13.3. The molecule has 2 nitrogen and oxygen atoms in total. The van der Waals surface area contributed by atoms with Crippen molar-refractivity contribution >= 4 is 23.0 Å². The lowest BCUT2D eigenvalue weighted by Gasteiger charge is -2.32. The van der Waals surface area contributed by atoms with Crippen LogP contribution < -0.4 is 0 Å². The molecule has 0 unspecified atom stereocenters. The fourth-order valence-electron chi connectivity index (χ4n) is 2.47. The summed E-state index contributed by atoms with van der Waals surface area (Å²) in [5, 5.41) is 10.1. The second kappa shape index (κ2) is 4.87. The molecule has 0 radical (unpaired) electrons. The van der Waals surface area contributed by atoms with Crippen LogP contribution in [0.15, 0.2) is 29.8 Å². The summed E-state index contributed by atoms with van der Waals surface area (Å²) in [4.78, 5) is 12.0. The highest BCUT2D eigenvalue weighted by Crippen LogP contribution is 2.41. The molecule has 0 heterocycles. The lowest BCUT2D eigenvalue weighted by Crippen LogP contribution is -2.26. The molecule has 1 aromatic rings. The highest BCUT2D eigenvalue weighted by molar-refractivity contribution is 6.30. The van der Waals surface area contributed by atoms with Crippen LogP contribution in [0.3, 0.4) is 0 Å². The van der Waals surface area contributed by atoms with E-state index in [0.29, 0.717) is 17.0 Å². The molecule has 3 heteroatoms. The van der Waals surface area contributed by atoms with Crippen molar-refractivity contribution in [3.05, 3.63) is 40.4 Å². The molecule has 0 spiro atoms. The number of rotatable bonds is 2. The van der Waals surface area contributed by atoms with Crippen LogP contribution in [0.4, 0.5) is 0 Å². The maximum absolute atomic E-state index is 12.0. The van der Waals surface area contributed by atoms with E-state index in [1.165, 1.54) is 0 Å². The molecular formula is C15H17ClO2. The van der Waals surface area contributed by atoms with Crippen LogP contribution in [0.25, 0.3) is 5.57 Å². The van der Waals surface area contributed by atoms with E-state index >= 15 is 0 Å². The van der Waals surface area contributed by atoms with Gasteiger partial charge in [0.25, 0.3) is 0 Å². The minimum atomic E-state index is -0.188. The highest BCUT2D eigenvalue weighted by atomic mass is 35.5. The Morgan fingerprint density at radius 1 is 1.22 bits per heavy atom. The molecule has 0 fully saturated rings. The van der Waals surface area contributed by atoms with Gasteiger partial charge in [-0.3, -0.25) is 4.79 Å². The van der Waals surface area contributed by atoms with Crippen LogP contribution in [0.5, 0.6) is 0 Å². The summed E-state index contributed by atoms with van der Waals surface area (Å²) >= 11 is 5.87. The van der Waals surface area contributed by atoms with Gasteiger partial charge in [-0.1, -0.05) is 37.6 Å². The first-order valence-electron chi connectivity index (χ1n) is 6.05. The van der Waals surface area contributed by atoms with E-state index in [1.807, 2.05) is 24.3 Å². The maximum atomic E-state index is 12.0. The van der Waals surface area contributed by atoms with Crippen molar-refractivity contribution in [2.24, 2.45) is 5.41 Å². The van der Waals surface area contributed by atoms with Crippen molar-refractivity contribution in [2.75, 3.05) is 6.61 Å². The summed E-state index contributed by atoms with van der Waals surface area (Å²) in [5.41, 5.74) is 2.43. The Kier molecular flexibility index (Phi) is 3.60. The van der Waals surface area contributed by atoms with Gasteiger partial charge in [0, 0.05) is 17.0 Å². The number of ketones is 1. The van der Waals surface area contributed by atoms with Gasteiger partial charge in [0.1, 0.15) is 0 Å². The van der Waals surface area contributed by atoms with Crippen molar-refractivity contribution in [2.45, 2.75) is 26.7 Å². The summed E-state index contributed by atoms with van der Waals surface area (Å²) in [7, 11) is 0. The van der Waals surface area contributed by atoms with Crippen LogP contribution in [-0.4, -0.2) is 17.5 Å². The largest absolute Gasteiger partial charge is 0.392 e. The van der Waals surface area contributed by atoms with Gasteiger partial charge < -0.3 is 5.11 Å². The Labute approximate surface area is 112 Å². The third-order valence-electron chi connectivity index (χ3n) is 3.35. The summed E-state index contributed by atoms with van der Waals surface area (Å²) in [6, 6.07) is 7.43. The lowest BCUT2D eigenvalue weighted by atomic mass is 9.72. The number of carbonyl (C=O) groups is 1. The standard InChI is InChI=1S/C15H17ClO2/c1-15(2)7-12(13(9-17)14(18)8-15)10-3-5-11(16)6-4-10/h3-6,17H,7-9H2,1-2H3. The van der Waals surface area contributed by atoms with Crippen molar-refractivity contribution in [1.82, 2.24) is 0 Å². The number of halogens is 1. The SMILES string of the molecule is CC1(C)CC(=O)C(CO)=C(c2ccc(Cl)cc2)C1. The molecule has 0 aliphatic heterocycles. The third-order valence-corrected chi connectivity index (χ3v) is 3.60. The molecule has 0 atom stereocenters. The Morgan fingerprint density at radius 2 is 1.83 bits per heavy atom. The number of hydrogen-bond donors (Lipinski definition) is 1. The van der Waals surface area contributed by atoms with Crippen molar-refractivity contribution < 1.29 is 9.90 Å². The van der Waals surface area contributed by atoms with E-state index in [2.05, 4.69) is 13.8 Å². The van der Waals surface area contributed by atoms with Crippen molar-refractivity contribution in [1.29, 1.82) is 0 Å². The number of Topliss-reactive ketones (excluding diaryl/α,β-unsaturated/α-hetero) is 1. The topological polar surface area (TPSA) is 37.3 Å². The number of allylic oxidation sites excluding steroid dienone is 1. The van der Waals surface area contributed by atoms with E-state index in [0.717, 1.165) is 17.6 Å². The molecular weight excluding hydrogens is 248 g/mol. The number of aliphatic hydroxyl groups excluding tert-OH is 1. The first-order chi connectivity index (χ1) is 8.43. The van der Waals surface area contributed by atoms with Crippen LogP contribution in [0.1, 0.15) is 32.3 Å². The van der Waals surface area contributed by atoms with Crippen LogP contribution >= 0.6 is 11.6 Å². The van der Waals surface area contributed by atoms with E-state index in [-0.39, 0.29) is 17.8 Å². The second-order valence-corrected chi connectivity index (χ2v) is 6.00. The first-order valence-corrected chi connectivity index (χ1v) is 6.43. The van der Waals surface area contributed by atoms with E-state index in [1.54, 1.807) is 0 Å². The molecule has 1 aliphatic carbocycles. The summed E-state index contributed by atoms with van der Waals surface area (Å²) in [6.07, 6.45) is 1.30. The van der Waals surface area contributed by atoms with Gasteiger partial charge in [-0.2, -0.15) is 0 Å². The molecule has 0 amide bonds. The third kappa shape index (κ3) is 2.65. The van der Waals surface area contributed by atoms with Crippen LogP contribution in [-0.2, 0) is 4.79 Å². The maximum Gasteiger partial charge on any atom is 0.162 e. The highest BCUT2D eigenvalue weighted by Gasteiger charge is 2.32. The van der Waals surface area contributed by atoms with Gasteiger partial charge in [-0.25, -0.2) is 0 Å². The van der Waals surface area contributed by atoms with Gasteiger partial charge in [0.2, 0.25) is 0 Å². The molecule has 0 saturated heterocycles. The van der Waals surface area contributed by atoms with Gasteiger partial charge in [-0.15, -0.1) is 0 Å². The van der Waals surface area contributed by atoms with Crippen LogP contribution in [0.2, 0.25) is 5.02 Å². The number of aliphatic hydroxyl groups is 1. The van der Waals surface area contributed by atoms with Gasteiger partial charge in [0.15, 0.2) is 5.78 Å². The fourth-order valence-corrected chi connectivity index (χ4v) is 2.59. The zero-order valence-electron chi connectivity index (χ0n) is 10.7. The zero-order valence-corrected chi connectivity index (χ0v) is 11.4. The minimum Gasteiger partial charge on any atom is -0.392 e. The molecule has 96 valence electrons. The number of carbonyl (C=O) groups excluding carboxylic acids is 1. The molecule has 1 aliphatic rings. The summed E-state index contributed by atoms with van der Waals surface area (Å²) < 4.78 is 0. The summed E-state index contributed by atoms with van der Waals surface area (Å²) in [5.74, 6) is 0.0544. The van der Waals surface area contributed by atoms with Gasteiger partial charge in [-0.05, 0) is 35.1 Å². The second-order valence-electron chi connectivity index (χ2n) is 5.56. The normalized spacial score (nSPS) is 19.2. The van der Waals surface area contributed by atoms with Gasteiger partial charge >= 0.3 is 0 Å². The minimum absolute atomic E-state index is 0.0509. The quantitative estimate of drug-likeness (QED) is 0.888. The van der Waals surface area contributed by atoms with Gasteiger partial charge in [0.05, 0.1) is 6.61 Å². The fraction of sp³-hybridized carbons (Fsp3) is 0.400. The predicted molar refractivity (Wildman–Crippen MR) is 73.5 cm³/mol. The van der Waals surface area contributed by atoms with E-state index in [9.17, 15) is 9.90 Å². The Balaban J connectivity index is 2.50. The average molecular weight is 265 g/mol. The lowest BCUT2D eigenvalue weighted by molar-refractivity contribution is -0.118. The van der Waals surface area contributed by atoms with E-state index in [4.69, 9.17) is 11.6 Å². The molecule has 2 rings (SSSR count). The predicted octanol–water partition coefficient (Wildman–Crippen LogP) is 3.48. The van der Waals surface area contributed by atoms with E-state index < -0.39 is 0 Å². The van der Waals surface area contributed by atoms with Crippen LogP contribution in [0, 0.1) is 5.41 Å². The monoisotopic (exact) mass is 264 g/mol. The molecule has 1 aromatic carbocycles. The van der Waals surface area contributed by atoms with Crippen molar-refractivity contribution in [3.63, 3.8) is 0 Å². The zero-order chi connectivity index (χ0) is 13.3. The smallest absolute Gasteiger partial charge is 0.162 e. The Hall–Kier alpha value is -1.12.